The fourth-order valence-corrected chi connectivity index (χ4v) is 0.734. The number of nitrogens with zero attached hydrogens (tertiary/aromatic N) is 6. The molecule has 0 heterocycles. The van der Waals surface area contributed by atoms with Crippen LogP contribution in [0, 0.1) is 0 Å². The largest absolute Gasteiger partial charge is 0.411 e. The average Bonchev–Trinajstić information content (AvgIpc) is 2.47. The van der Waals surface area contributed by atoms with E-state index < -0.39 is 0 Å². The molecule has 8 nitrogen and oxygen atoms in total. The molecule has 0 aliphatic carbocycles. The maximum Gasteiger partial charge on any atom is 0.0994 e. The average molecular weight is 280 g/mol. The van der Waals surface area contributed by atoms with E-state index in [1.54, 1.807) is 41.5 Å². The summed E-state index contributed by atoms with van der Waals surface area (Å²) in [4.78, 5) is 0. The minimum Gasteiger partial charge on any atom is -0.411 e. The SMILES string of the molecule is CC(=N/O)/C(C)=N\N=C(C)/C(C)=N\N=C(C)/C(C)=N\O. The predicted molar refractivity (Wildman–Crippen MR) is 82.2 cm³/mol. The van der Waals surface area contributed by atoms with Crippen molar-refractivity contribution in [2.24, 2.45) is 30.7 Å². The van der Waals surface area contributed by atoms with Gasteiger partial charge in [-0.05, 0) is 41.5 Å². The van der Waals surface area contributed by atoms with Gasteiger partial charge in [0.15, 0.2) is 0 Å². The monoisotopic (exact) mass is 280 g/mol. The standard InChI is InChI=1S/C12H20N6O2/c1-7(13-15-9(3)11(5)17-19)8(2)14-16-10(4)12(6)18-20/h19-20H,1-6H3/b13-7-,14-8-,15-9-,16-10-,17-11-,18-12-. The Morgan fingerprint density at radius 3 is 0.850 bits per heavy atom. The van der Waals surface area contributed by atoms with Crippen LogP contribution in [0.4, 0.5) is 0 Å². The third-order valence-electron chi connectivity index (χ3n) is 2.57. The quantitative estimate of drug-likeness (QED) is 0.457. The van der Waals surface area contributed by atoms with Crippen molar-refractivity contribution >= 4 is 34.3 Å². The Hall–Kier alpha value is -2.38. The Morgan fingerprint density at radius 1 is 0.450 bits per heavy atom. The van der Waals surface area contributed by atoms with Gasteiger partial charge < -0.3 is 10.4 Å². The summed E-state index contributed by atoms with van der Waals surface area (Å²) in [6, 6.07) is 0. The topological polar surface area (TPSA) is 115 Å². The van der Waals surface area contributed by atoms with E-state index >= 15 is 0 Å². The molecule has 2 N–H and O–H groups in total. The molecular formula is C12H20N6O2. The molecule has 0 aromatic heterocycles. The zero-order chi connectivity index (χ0) is 15.7. The molecule has 0 unspecified atom stereocenters. The molecule has 0 aromatic rings. The Balaban J connectivity index is 5.08. The third-order valence-corrected chi connectivity index (χ3v) is 2.57. The smallest absolute Gasteiger partial charge is 0.0994 e. The lowest BCUT2D eigenvalue weighted by Gasteiger charge is -1.97. The molecule has 0 aromatic carbocycles. The fourth-order valence-electron chi connectivity index (χ4n) is 0.734. The van der Waals surface area contributed by atoms with E-state index in [0.717, 1.165) is 0 Å². The van der Waals surface area contributed by atoms with Gasteiger partial charge in [0.25, 0.3) is 0 Å². The highest BCUT2D eigenvalue weighted by Crippen LogP contribution is 1.92. The van der Waals surface area contributed by atoms with Crippen molar-refractivity contribution in [1.82, 2.24) is 0 Å². The lowest BCUT2D eigenvalue weighted by atomic mass is 10.3. The third kappa shape index (κ3) is 5.98. The molecule has 0 spiro atoms. The fraction of sp³-hybridized carbons (Fsp3) is 0.500. The van der Waals surface area contributed by atoms with Gasteiger partial charge in [-0.2, -0.15) is 20.4 Å². The summed E-state index contributed by atoms with van der Waals surface area (Å²) < 4.78 is 0. The summed E-state index contributed by atoms with van der Waals surface area (Å²) in [6.07, 6.45) is 0. The molecule has 0 rings (SSSR count). The number of oxime groups is 2. The normalized spacial score (nSPS) is 16.7. The summed E-state index contributed by atoms with van der Waals surface area (Å²) >= 11 is 0. The molecule has 0 saturated carbocycles. The molecule has 20 heavy (non-hydrogen) atoms. The van der Waals surface area contributed by atoms with Gasteiger partial charge in [0, 0.05) is 0 Å². The van der Waals surface area contributed by atoms with Crippen LogP contribution in [0.15, 0.2) is 30.7 Å². The molecule has 0 bridgehead atoms. The second-order valence-electron chi connectivity index (χ2n) is 4.11. The first kappa shape index (κ1) is 17.6. The number of hydrogen-bond acceptors (Lipinski definition) is 8. The van der Waals surface area contributed by atoms with Crippen molar-refractivity contribution in [3.8, 4) is 0 Å². The Labute approximate surface area is 118 Å². The highest BCUT2D eigenvalue weighted by Gasteiger charge is 2.00. The van der Waals surface area contributed by atoms with E-state index in [9.17, 15) is 0 Å². The number of rotatable bonds is 5. The molecule has 0 saturated heterocycles. The summed E-state index contributed by atoms with van der Waals surface area (Å²) in [7, 11) is 0. The van der Waals surface area contributed by atoms with Gasteiger partial charge in [-0.1, -0.05) is 10.3 Å². The van der Waals surface area contributed by atoms with Crippen molar-refractivity contribution in [3.63, 3.8) is 0 Å². The van der Waals surface area contributed by atoms with Gasteiger partial charge in [0.2, 0.25) is 0 Å². The summed E-state index contributed by atoms with van der Waals surface area (Å²) in [6.45, 7) is 10.1. The molecular weight excluding hydrogens is 260 g/mol. The highest BCUT2D eigenvalue weighted by molar-refractivity contribution is 6.43. The predicted octanol–water partition coefficient (Wildman–Crippen LogP) is 2.36. The maximum atomic E-state index is 8.59. The Bertz CT molecular complexity index is 478. The van der Waals surface area contributed by atoms with Crippen LogP contribution in [-0.4, -0.2) is 44.7 Å². The second kappa shape index (κ2) is 8.68. The first-order chi connectivity index (χ1) is 9.33. The van der Waals surface area contributed by atoms with Gasteiger partial charge in [-0.25, -0.2) is 0 Å². The minimum absolute atomic E-state index is 0.389. The summed E-state index contributed by atoms with van der Waals surface area (Å²) in [5.41, 5.74) is 2.93. The lowest BCUT2D eigenvalue weighted by Crippen LogP contribution is -2.09. The zero-order valence-corrected chi connectivity index (χ0v) is 12.6. The van der Waals surface area contributed by atoms with E-state index in [1.807, 2.05) is 0 Å². The van der Waals surface area contributed by atoms with E-state index in [4.69, 9.17) is 10.4 Å². The Kier molecular flexibility index (Phi) is 7.64. The first-order valence-electron chi connectivity index (χ1n) is 5.89. The molecule has 0 atom stereocenters. The van der Waals surface area contributed by atoms with Gasteiger partial charge in [-0.3, -0.25) is 0 Å². The molecule has 0 radical (unpaired) electrons. The molecule has 0 amide bonds. The van der Waals surface area contributed by atoms with E-state index in [2.05, 4.69) is 30.7 Å². The summed E-state index contributed by atoms with van der Waals surface area (Å²) in [5, 5.41) is 39.0. The van der Waals surface area contributed by atoms with Crippen LogP contribution in [-0.2, 0) is 0 Å². The minimum atomic E-state index is 0.389. The first-order valence-corrected chi connectivity index (χ1v) is 5.89. The maximum absolute atomic E-state index is 8.59. The van der Waals surface area contributed by atoms with Gasteiger partial charge >= 0.3 is 0 Å². The molecule has 8 heteroatoms. The van der Waals surface area contributed by atoms with Crippen LogP contribution in [0.1, 0.15) is 41.5 Å². The van der Waals surface area contributed by atoms with Crippen molar-refractivity contribution in [3.05, 3.63) is 0 Å². The number of hydrogen-bond donors (Lipinski definition) is 2. The van der Waals surface area contributed by atoms with Gasteiger partial charge in [0.05, 0.1) is 34.3 Å². The van der Waals surface area contributed by atoms with Crippen LogP contribution < -0.4 is 0 Å². The van der Waals surface area contributed by atoms with Crippen LogP contribution in [0.5, 0.6) is 0 Å². The Morgan fingerprint density at radius 2 is 0.650 bits per heavy atom. The van der Waals surface area contributed by atoms with Gasteiger partial charge in [0.1, 0.15) is 0 Å². The van der Waals surface area contributed by atoms with Crippen LogP contribution in [0.3, 0.4) is 0 Å². The lowest BCUT2D eigenvalue weighted by molar-refractivity contribution is 0.319. The van der Waals surface area contributed by atoms with E-state index in [-0.39, 0.29) is 0 Å². The van der Waals surface area contributed by atoms with Crippen molar-refractivity contribution in [2.75, 3.05) is 0 Å². The second-order valence-corrected chi connectivity index (χ2v) is 4.11. The van der Waals surface area contributed by atoms with Crippen molar-refractivity contribution in [1.29, 1.82) is 0 Å². The van der Waals surface area contributed by atoms with E-state index in [0.29, 0.717) is 34.3 Å². The molecule has 0 aliphatic rings. The molecule has 110 valence electrons. The van der Waals surface area contributed by atoms with Crippen LogP contribution in [0.25, 0.3) is 0 Å². The van der Waals surface area contributed by atoms with Crippen LogP contribution in [0.2, 0.25) is 0 Å². The van der Waals surface area contributed by atoms with E-state index in [1.165, 1.54) is 0 Å². The van der Waals surface area contributed by atoms with Gasteiger partial charge in [-0.15, -0.1) is 0 Å². The van der Waals surface area contributed by atoms with Crippen molar-refractivity contribution < 1.29 is 10.4 Å². The van der Waals surface area contributed by atoms with Crippen LogP contribution >= 0.6 is 0 Å². The molecule has 0 fully saturated rings. The van der Waals surface area contributed by atoms with Crippen molar-refractivity contribution in [2.45, 2.75) is 41.5 Å². The zero-order valence-electron chi connectivity index (χ0n) is 12.6. The summed E-state index contributed by atoms with van der Waals surface area (Å²) in [5.74, 6) is 0. The molecule has 0 aliphatic heterocycles. The highest BCUT2D eigenvalue weighted by atomic mass is 16.4.